The topological polar surface area (TPSA) is 50.5 Å². The number of methoxy groups -OCH3 is 1. The fourth-order valence-corrected chi connectivity index (χ4v) is 3.23. The highest BCUT2D eigenvalue weighted by atomic mass is 16.5. The van der Waals surface area contributed by atoms with E-state index in [0.29, 0.717) is 5.69 Å². The predicted molar refractivity (Wildman–Crippen MR) is 102 cm³/mol. The quantitative estimate of drug-likeness (QED) is 0.598. The van der Waals surface area contributed by atoms with Crippen molar-refractivity contribution in [2.24, 2.45) is 0 Å². The lowest BCUT2D eigenvalue weighted by atomic mass is 10.1. The molecule has 1 heterocycles. The number of rotatable bonds is 7. The second kappa shape index (κ2) is 7.95. The van der Waals surface area contributed by atoms with Gasteiger partial charge >= 0.3 is 0 Å². The molecule has 24 heavy (non-hydrogen) atoms. The molecule has 0 saturated carbocycles. The number of nitrogens with two attached hydrogens (primary N) is 1. The van der Waals surface area contributed by atoms with E-state index in [2.05, 4.69) is 40.5 Å². The Labute approximate surface area is 144 Å². The van der Waals surface area contributed by atoms with E-state index in [1.54, 1.807) is 7.11 Å². The van der Waals surface area contributed by atoms with Gasteiger partial charge < -0.3 is 20.7 Å². The van der Waals surface area contributed by atoms with Crippen LogP contribution in [0, 0.1) is 0 Å². The summed E-state index contributed by atoms with van der Waals surface area (Å²) in [7, 11) is 1.64. The molecule has 1 saturated heterocycles. The highest BCUT2D eigenvalue weighted by Gasteiger charge is 2.11. The Balaban J connectivity index is 1.43. The Hall–Kier alpha value is -2.36. The first-order valence-corrected chi connectivity index (χ1v) is 8.77. The van der Waals surface area contributed by atoms with Crippen molar-refractivity contribution in [3.8, 4) is 5.75 Å². The summed E-state index contributed by atoms with van der Waals surface area (Å²) in [6.07, 6.45) is 4.71. The van der Waals surface area contributed by atoms with E-state index in [1.165, 1.54) is 42.9 Å². The van der Waals surface area contributed by atoms with Gasteiger partial charge in [-0.25, -0.2) is 0 Å². The number of anilines is 3. The van der Waals surface area contributed by atoms with Crippen molar-refractivity contribution in [3.63, 3.8) is 0 Å². The Bertz CT molecular complexity index is 648. The van der Waals surface area contributed by atoms with Gasteiger partial charge in [-0.15, -0.1) is 0 Å². The number of nitrogens with one attached hydrogen (secondary N) is 1. The number of aryl methyl sites for hydroxylation is 1. The molecule has 1 aliphatic rings. The smallest absolute Gasteiger partial charge is 0.141 e. The summed E-state index contributed by atoms with van der Waals surface area (Å²) in [5.41, 5.74) is 10.4. The zero-order chi connectivity index (χ0) is 16.8. The van der Waals surface area contributed by atoms with Crippen molar-refractivity contribution >= 4 is 17.1 Å². The number of hydrogen-bond donors (Lipinski definition) is 2. The number of ether oxygens (including phenoxy) is 1. The van der Waals surface area contributed by atoms with Crippen LogP contribution in [-0.4, -0.2) is 26.7 Å². The van der Waals surface area contributed by atoms with E-state index in [-0.39, 0.29) is 0 Å². The molecule has 1 fully saturated rings. The molecule has 0 spiro atoms. The number of benzene rings is 2. The molecule has 3 N–H and O–H groups in total. The fraction of sp³-hybridized carbons (Fsp3) is 0.400. The number of nitrogens with zero attached hydrogens (tertiary/aromatic N) is 1. The zero-order valence-electron chi connectivity index (χ0n) is 14.4. The van der Waals surface area contributed by atoms with Crippen molar-refractivity contribution in [2.75, 3.05) is 42.7 Å². The Morgan fingerprint density at radius 2 is 1.83 bits per heavy atom. The van der Waals surface area contributed by atoms with Crippen molar-refractivity contribution in [1.82, 2.24) is 0 Å². The van der Waals surface area contributed by atoms with Gasteiger partial charge in [0.15, 0.2) is 0 Å². The molecule has 0 aromatic heterocycles. The summed E-state index contributed by atoms with van der Waals surface area (Å²) >= 11 is 0. The summed E-state index contributed by atoms with van der Waals surface area (Å²) in [5.74, 6) is 0.745. The maximum absolute atomic E-state index is 5.95. The third kappa shape index (κ3) is 4.13. The normalized spacial score (nSPS) is 14.0. The molecule has 0 radical (unpaired) electrons. The average molecular weight is 325 g/mol. The molecule has 3 rings (SSSR count). The summed E-state index contributed by atoms with van der Waals surface area (Å²) in [5, 5.41) is 3.50. The molecule has 4 heteroatoms. The Morgan fingerprint density at radius 3 is 2.50 bits per heavy atom. The zero-order valence-corrected chi connectivity index (χ0v) is 14.4. The summed E-state index contributed by atoms with van der Waals surface area (Å²) in [6, 6.07) is 14.8. The molecule has 128 valence electrons. The molecule has 0 unspecified atom stereocenters. The lowest BCUT2D eigenvalue weighted by Crippen LogP contribution is -2.17. The second-order valence-corrected chi connectivity index (χ2v) is 6.35. The van der Waals surface area contributed by atoms with Gasteiger partial charge in [-0.3, -0.25) is 0 Å². The lowest BCUT2D eigenvalue weighted by Gasteiger charge is -2.18. The molecule has 4 nitrogen and oxygen atoms in total. The number of hydrogen-bond acceptors (Lipinski definition) is 4. The van der Waals surface area contributed by atoms with Crippen LogP contribution in [0.25, 0.3) is 0 Å². The van der Waals surface area contributed by atoms with Crippen molar-refractivity contribution < 1.29 is 4.74 Å². The fourth-order valence-electron chi connectivity index (χ4n) is 3.23. The maximum Gasteiger partial charge on any atom is 0.141 e. The molecule has 0 aliphatic carbocycles. The molecule has 0 bridgehead atoms. The first-order valence-electron chi connectivity index (χ1n) is 8.77. The Morgan fingerprint density at radius 1 is 1.08 bits per heavy atom. The van der Waals surface area contributed by atoms with Crippen LogP contribution >= 0.6 is 0 Å². The van der Waals surface area contributed by atoms with Crippen LogP contribution < -0.4 is 20.7 Å². The van der Waals surface area contributed by atoms with Crippen LogP contribution in [0.2, 0.25) is 0 Å². The van der Waals surface area contributed by atoms with Crippen LogP contribution in [0.1, 0.15) is 24.8 Å². The number of nitrogen functional groups attached to an aromatic ring is 1. The average Bonchev–Trinajstić information content (AvgIpc) is 3.14. The SMILES string of the molecule is COc1ccc(CCCNc2ccc(N3CCCC3)cc2)cc1N. The van der Waals surface area contributed by atoms with Crippen LogP contribution in [-0.2, 0) is 6.42 Å². The van der Waals surface area contributed by atoms with Gasteiger partial charge in [-0.2, -0.15) is 0 Å². The monoisotopic (exact) mass is 325 g/mol. The van der Waals surface area contributed by atoms with Crippen LogP contribution in [0.5, 0.6) is 5.75 Å². The lowest BCUT2D eigenvalue weighted by molar-refractivity contribution is 0.417. The minimum atomic E-state index is 0.709. The van der Waals surface area contributed by atoms with Crippen molar-refractivity contribution in [1.29, 1.82) is 0 Å². The van der Waals surface area contributed by atoms with Gasteiger partial charge in [-0.05, 0) is 67.6 Å². The highest BCUT2D eigenvalue weighted by molar-refractivity contribution is 5.56. The van der Waals surface area contributed by atoms with Gasteiger partial charge in [0.25, 0.3) is 0 Å². The van der Waals surface area contributed by atoms with Gasteiger partial charge in [0.2, 0.25) is 0 Å². The van der Waals surface area contributed by atoms with Gasteiger partial charge in [0.1, 0.15) is 5.75 Å². The first kappa shape index (κ1) is 16.5. The molecule has 0 atom stereocenters. The van der Waals surface area contributed by atoms with E-state index < -0.39 is 0 Å². The van der Waals surface area contributed by atoms with E-state index in [0.717, 1.165) is 25.1 Å². The summed E-state index contributed by atoms with van der Waals surface area (Å²) in [6.45, 7) is 3.34. The van der Waals surface area contributed by atoms with E-state index in [1.807, 2.05) is 12.1 Å². The van der Waals surface area contributed by atoms with Crippen LogP contribution in [0.15, 0.2) is 42.5 Å². The maximum atomic E-state index is 5.95. The predicted octanol–water partition coefficient (Wildman–Crippen LogP) is 3.92. The van der Waals surface area contributed by atoms with E-state index in [4.69, 9.17) is 10.5 Å². The third-order valence-electron chi connectivity index (χ3n) is 4.60. The van der Waals surface area contributed by atoms with Gasteiger partial charge in [-0.1, -0.05) is 6.07 Å². The molecule has 1 aliphatic heterocycles. The second-order valence-electron chi connectivity index (χ2n) is 6.35. The molecule has 0 amide bonds. The molecular formula is C20H27N3O. The third-order valence-corrected chi connectivity index (χ3v) is 4.60. The van der Waals surface area contributed by atoms with Crippen molar-refractivity contribution in [2.45, 2.75) is 25.7 Å². The van der Waals surface area contributed by atoms with Crippen LogP contribution in [0.4, 0.5) is 17.1 Å². The highest BCUT2D eigenvalue weighted by Crippen LogP contribution is 2.23. The van der Waals surface area contributed by atoms with Crippen LogP contribution in [0.3, 0.4) is 0 Å². The summed E-state index contributed by atoms with van der Waals surface area (Å²) in [4.78, 5) is 2.46. The van der Waals surface area contributed by atoms with Gasteiger partial charge in [0.05, 0.1) is 12.8 Å². The largest absolute Gasteiger partial charge is 0.495 e. The minimum absolute atomic E-state index is 0.709. The first-order chi connectivity index (χ1) is 11.8. The van der Waals surface area contributed by atoms with E-state index >= 15 is 0 Å². The van der Waals surface area contributed by atoms with Crippen molar-refractivity contribution in [3.05, 3.63) is 48.0 Å². The molecular weight excluding hydrogens is 298 g/mol. The minimum Gasteiger partial charge on any atom is -0.495 e. The van der Waals surface area contributed by atoms with E-state index in [9.17, 15) is 0 Å². The molecule has 2 aromatic carbocycles. The van der Waals surface area contributed by atoms with Gasteiger partial charge in [0, 0.05) is 31.0 Å². The Kier molecular flexibility index (Phi) is 5.47. The molecule has 2 aromatic rings. The standard InChI is InChI=1S/C20H27N3O/c1-24-20-11-6-16(15-19(20)21)5-4-12-22-17-7-9-18(10-8-17)23-13-2-3-14-23/h6-11,15,22H,2-5,12-14,21H2,1H3. The summed E-state index contributed by atoms with van der Waals surface area (Å²) < 4.78 is 5.19.